The third-order valence-electron chi connectivity index (χ3n) is 2.19. The summed E-state index contributed by atoms with van der Waals surface area (Å²) in [6.07, 6.45) is 0. The predicted molar refractivity (Wildman–Crippen MR) is 65.4 cm³/mol. The number of hydrogen-bond donors (Lipinski definition) is 1. The van der Waals surface area contributed by atoms with E-state index in [-0.39, 0.29) is 6.61 Å². The van der Waals surface area contributed by atoms with Gasteiger partial charge in [-0.15, -0.1) is 0 Å². The van der Waals surface area contributed by atoms with E-state index in [0.29, 0.717) is 33.0 Å². The number of benzene rings is 1. The fourth-order valence-corrected chi connectivity index (χ4v) is 1.32. The van der Waals surface area contributed by atoms with Crippen LogP contribution in [0.5, 0.6) is 5.75 Å². The molecule has 4 nitrogen and oxygen atoms in total. The van der Waals surface area contributed by atoms with Crippen molar-refractivity contribution in [1.29, 1.82) is 0 Å². The molecule has 0 spiro atoms. The van der Waals surface area contributed by atoms with Crippen LogP contribution in [0, 0.1) is 6.92 Å². The number of rotatable bonds is 9. The summed E-state index contributed by atoms with van der Waals surface area (Å²) in [4.78, 5) is 0. The topological polar surface area (TPSA) is 47.9 Å². The number of ether oxygens (including phenoxy) is 3. The maximum Gasteiger partial charge on any atom is 0.122 e. The Hall–Kier alpha value is -1.10. The van der Waals surface area contributed by atoms with Crippen molar-refractivity contribution in [3.8, 4) is 5.75 Å². The molecule has 96 valence electrons. The molecule has 0 saturated heterocycles. The van der Waals surface area contributed by atoms with Gasteiger partial charge < -0.3 is 19.3 Å². The van der Waals surface area contributed by atoms with Crippen molar-refractivity contribution in [2.24, 2.45) is 0 Å². The van der Waals surface area contributed by atoms with Crippen LogP contribution in [0.3, 0.4) is 0 Å². The summed E-state index contributed by atoms with van der Waals surface area (Å²) in [5.74, 6) is 0.896. The van der Waals surface area contributed by atoms with Crippen molar-refractivity contribution in [3.63, 3.8) is 0 Å². The van der Waals surface area contributed by atoms with Crippen LogP contribution in [0.25, 0.3) is 0 Å². The highest BCUT2D eigenvalue weighted by Crippen LogP contribution is 2.15. The van der Waals surface area contributed by atoms with Crippen LogP contribution >= 0.6 is 0 Å². The molecule has 17 heavy (non-hydrogen) atoms. The lowest BCUT2D eigenvalue weighted by Gasteiger charge is -2.09. The minimum atomic E-state index is 0.0520. The zero-order chi connectivity index (χ0) is 12.3. The van der Waals surface area contributed by atoms with Gasteiger partial charge in [0.25, 0.3) is 0 Å². The summed E-state index contributed by atoms with van der Waals surface area (Å²) in [5.41, 5.74) is 1.12. The van der Waals surface area contributed by atoms with Crippen molar-refractivity contribution in [2.75, 3.05) is 39.6 Å². The summed E-state index contributed by atoms with van der Waals surface area (Å²) in [7, 11) is 0. The van der Waals surface area contributed by atoms with Crippen LogP contribution < -0.4 is 4.74 Å². The van der Waals surface area contributed by atoms with Gasteiger partial charge in [-0.1, -0.05) is 18.2 Å². The molecule has 0 saturated carbocycles. The second kappa shape index (κ2) is 8.98. The lowest BCUT2D eigenvalue weighted by molar-refractivity contribution is 0.0246. The molecule has 0 radical (unpaired) electrons. The molecule has 1 N–H and O–H groups in total. The Kier molecular flexibility index (Phi) is 7.38. The maximum atomic E-state index is 8.47. The molecule has 0 aliphatic carbocycles. The normalized spacial score (nSPS) is 10.5. The van der Waals surface area contributed by atoms with Crippen LogP contribution in [-0.2, 0) is 9.47 Å². The lowest BCUT2D eigenvalue weighted by atomic mass is 10.2. The van der Waals surface area contributed by atoms with Gasteiger partial charge in [-0.3, -0.25) is 0 Å². The highest BCUT2D eigenvalue weighted by atomic mass is 16.5. The van der Waals surface area contributed by atoms with E-state index in [2.05, 4.69) is 0 Å². The fourth-order valence-electron chi connectivity index (χ4n) is 1.32. The first-order chi connectivity index (χ1) is 8.34. The standard InChI is InChI=1S/C13H20O4/c1-12-4-2-3-5-13(12)17-11-10-16-9-8-15-7-6-14/h2-5,14H,6-11H2,1H3. The van der Waals surface area contributed by atoms with Gasteiger partial charge >= 0.3 is 0 Å². The molecule has 1 aromatic rings. The van der Waals surface area contributed by atoms with E-state index >= 15 is 0 Å². The van der Waals surface area contributed by atoms with Crippen molar-refractivity contribution in [2.45, 2.75) is 6.92 Å². The Morgan fingerprint density at radius 1 is 0.941 bits per heavy atom. The fraction of sp³-hybridized carbons (Fsp3) is 0.538. The Morgan fingerprint density at radius 3 is 2.29 bits per heavy atom. The third-order valence-corrected chi connectivity index (χ3v) is 2.19. The quantitative estimate of drug-likeness (QED) is 0.663. The first-order valence-corrected chi connectivity index (χ1v) is 5.79. The molecule has 0 atom stereocenters. The molecular formula is C13H20O4. The predicted octanol–water partition coefficient (Wildman–Crippen LogP) is 1.40. The van der Waals surface area contributed by atoms with E-state index in [1.807, 2.05) is 31.2 Å². The molecule has 0 heterocycles. The zero-order valence-electron chi connectivity index (χ0n) is 10.2. The third kappa shape index (κ3) is 6.26. The van der Waals surface area contributed by atoms with E-state index in [9.17, 15) is 0 Å². The number of aliphatic hydroxyl groups excluding tert-OH is 1. The second-order valence-corrected chi connectivity index (χ2v) is 3.56. The molecule has 0 unspecified atom stereocenters. The van der Waals surface area contributed by atoms with Gasteiger partial charge in [0.1, 0.15) is 12.4 Å². The average Bonchev–Trinajstić information content (AvgIpc) is 2.35. The molecule has 0 aliphatic heterocycles. The van der Waals surface area contributed by atoms with Crippen molar-refractivity contribution in [1.82, 2.24) is 0 Å². The van der Waals surface area contributed by atoms with Crippen molar-refractivity contribution < 1.29 is 19.3 Å². The molecule has 1 rings (SSSR count). The van der Waals surface area contributed by atoms with Crippen LogP contribution in [0.1, 0.15) is 5.56 Å². The number of hydrogen-bond acceptors (Lipinski definition) is 4. The van der Waals surface area contributed by atoms with Gasteiger partial charge in [-0.25, -0.2) is 0 Å². The van der Waals surface area contributed by atoms with Gasteiger partial charge in [-0.2, -0.15) is 0 Å². The first kappa shape index (κ1) is 14.0. The van der Waals surface area contributed by atoms with E-state index in [0.717, 1.165) is 11.3 Å². The van der Waals surface area contributed by atoms with E-state index in [4.69, 9.17) is 19.3 Å². The van der Waals surface area contributed by atoms with Crippen LogP contribution in [0.4, 0.5) is 0 Å². The Balaban J connectivity index is 1.99. The minimum absolute atomic E-state index is 0.0520. The number of aryl methyl sites for hydroxylation is 1. The second-order valence-electron chi connectivity index (χ2n) is 3.56. The van der Waals surface area contributed by atoms with Crippen LogP contribution in [-0.4, -0.2) is 44.7 Å². The SMILES string of the molecule is Cc1ccccc1OCCOCCOCCO. The van der Waals surface area contributed by atoms with Crippen molar-refractivity contribution >= 4 is 0 Å². The molecule has 4 heteroatoms. The summed E-state index contributed by atoms with van der Waals surface area (Å²) < 4.78 is 15.9. The Labute approximate surface area is 102 Å². The maximum absolute atomic E-state index is 8.47. The Morgan fingerprint density at radius 2 is 1.59 bits per heavy atom. The van der Waals surface area contributed by atoms with Crippen LogP contribution in [0.15, 0.2) is 24.3 Å². The van der Waals surface area contributed by atoms with Gasteiger partial charge in [0, 0.05) is 0 Å². The molecule has 0 amide bonds. The molecular weight excluding hydrogens is 220 g/mol. The monoisotopic (exact) mass is 240 g/mol. The highest BCUT2D eigenvalue weighted by Gasteiger charge is 1.97. The average molecular weight is 240 g/mol. The summed E-state index contributed by atoms with van der Waals surface area (Å²) in [6.45, 7) is 4.53. The molecule has 1 aromatic carbocycles. The van der Waals surface area contributed by atoms with Gasteiger partial charge in [0.2, 0.25) is 0 Å². The molecule has 0 fully saturated rings. The zero-order valence-corrected chi connectivity index (χ0v) is 10.2. The van der Waals surface area contributed by atoms with Crippen molar-refractivity contribution in [3.05, 3.63) is 29.8 Å². The van der Waals surface area contributed by atoms with E-state index in [1.54, 1.807) is 0 Å². The van der Waals surface area contributed by atoms with Crippen LogP contribution in [0.2, 0.25) is 0 Å². The summed E-state index contributed by atoms with van der Waals surface area (Å²) in [6, 6.07) is 7.89. The van der Waals surface area contributed by atoms with Gasteiger partial charge in [-0.05, 0) is 18.6 Å². The first-order valence-electron chi connectivity index (χ1n) is 5.79. The molecule has 0 aliphatic rings. The largest absolute Gasteiger partial charge is 0.491 e. The Bertz CT molecular complexity index is 301. The van der Waals surface area contributed by atoms with E-state index in [1.165, 1.54) is 0 Å². The minimum Gasteiger partial charge on any atom is -0.491 e. The smallest absolute Gasteiger partial charge is 0.122 e. The number of para-hydroxylation sites is 1. The summed E-state index contributed by atoms with van der Waals surface area (Å²) >= 11 is 0. The number of aliphatic hydroxyl groups is 1. The summed E-state index contributed by atoms with van der Waals surface area (Å²) in [5, 5.41) is 8.47. The molecule has 0 aromatic heterocycles. The van der Waals surface area contributed by atoms with E-state index < -0.39 is 0 Å². The highest BCUT2D eigenvalue weighted by molar-refractivity contribution is 5.31. The lowest BCUT2D eigenvalue weighted by Crippen LogP contribution is -2.12. The van der Waals surface area contributed by atoms with Gasteiger partial charge in [0.15, 0.2) is 0 Å². The van der Waals surface area contributed by atoms with Gasteiger partial charge in [0.05, 0.1) is 33.0 Å². The molecule has 0 bridgehead atoms.